The summed E-state index contributed by atoms with van der Waals surface area (Å²) in [6.45, 7) is 7.28. The van der Waals surface area contributed by atoms with Crippen LogP contribution in [0.3, 0.4) is 0 Å². The van der Waals surface area contributed by atoms with Crippen molar-refractivity contribution in [3.63, 3.8) is 0 Å². The maximum atomic E-state index is 13.0. The van der Waals surface area contributed by atoms with Crippen LogP contribution in [0.2, 0.25) is 0 Å². The first-order chi connectivity index (χ1) is 15.7. The summed E-state index contributed by atoms with van der Waals surface area (Å²) in [6.07, 6.45) is 0.541. The van der Waals surface area contributed by atoms with Crippen molar-refractivity contribution in [1.82, 2.24) is 4.90 Å². The lowest BCUT2D eigenvalue weighted by Gasteiger charge is -2.25. The van der Waals surface area contributed by atoms with Gasteiger partial charge in [0.2, 0.25) is 0 Å². The first-order valence-corrected chi connectivity index (χ1v) is 11.0. The Morgan fingerprint density at radius 1 is 1.12 bits per heavy atom. The molecule has 2 aromatic carbocycles. The number of Topliss-reactive ketones (excluding diaryl/α,β-unsaturated/α-hetero) is 1. The van der Waals surface area contributed by atoms with Crippen molar-refractivity contribution >= 4 is 17.4 Å². The van der Waals surface area contributed by atoms with Gasteiger partial charge in [-0.05, 0) is 60.7 Å². The zero-order valence-electron chi connectivity index (χ0n) is 19.5. The van der Waals surface area contributed by atoms with Gasteiger partial charge in [-0.25, -0.2) is 0 Å². The summed E-state index contributed by atoms with van der Waals surface area (Å²) in [5.74, 6) is -0.491. The van der Waals surface area contributed by atoms with Crippen molar-refractivity contribution < 1.29 is 29.3 Å². The van der Waals surface area contributed by atoms with Gasteiger partial charge in [0.15, 0.2) is 0 Å². The van der Waals surface area contributed by atoms with Crippen LogP contribution in [-0.2, 0) is 14.3 Å². The summed E-state index contributed by atoms with van der Waals surface area (Å²) in [7, 11) is 1.57. The largest absolute Gasteiger partial charge is 0.508 e. The molecule has 7 nitrogen and oxygen atoms in total. The van der Waals surface area contributed by atoms with Crippen LogP contribution in [0.15, 0.2) is 48.0 Å². The van der Waals surface area contributed by atoms with E-state index in [9.17, 15) is 19.8 Å². The third kappa shape index (κ3) is 5.37. The molecule has 0 aliphatic carbocycles. The van der Waals surface area contributed by atoms with Gasteiger partial charge in [-0.3, -0.25) is 9.59 Å². The number of aliphatic hydroxyl groups excluding tert-OH is 1. The van der Waals surface area contributed by atoms with Gasteiger partial charge in [-0.2, -0.15) is 0 Å². The average Bonchev–Trinajstić information content (AvgIpc) is 3.03. The number of benzene rings is 2. The zero-order valence-corrected chi connectivity index (χ0v) is 19.5. The van der Waals surface area contributed by atoms with Gasteiger partial charge in [0.1, 0.15) is 17.3 Å². The molecule has 1 aliphatic rings. The third-order valence-electron chi connectivity index (χ3n) is 5.52. The van der Waals surface area contributed by atoms with Gasteiger partial charge in [-0.1, -0.05) is 26.0 Å². The maximum Gasteiger partial charge on any atom is 0.295 e. The molecule has 0 radical (unpaired) electrons. The Labute approximate surface area is 194 Å². The molecule has 2 aromatic rings. The Kier molecular flexibility index (Phi) is 7.76. The number of methoxy groups -OCH3 is 1. The highest BCUT2D eigenvalue weighted by Crippen LogP contribution is 2.40. The summed E-state index contributed by atoms with van der Waals surface area (Å²) in [5.41, 5.74) is 1.90. The molecule has 0 saturated carbocycles. The number of carbonyl (C=O) groups excluding carboxylic acids is 2. The summed E-state index contributed by atoms with van der Waals surface area (Å²) >= 11 is 0. The van der Waals surface area contributed by atoms with Gasteiger partial charge in [0, 0.05) is 25.8 Å². The summed E-state index contributed by atoms with van der Waals surface area (Å²) in [4.78, 5) is 27.4. The third-order valence-corrected chi connectivity index (χ3v) is 5.52. The lowest BCUT2D eigenvalue weighted by Crippen LogP contribution is -2.31. The first-order valence-electron chi connectivity index (χ1n) is 11.0. The topological polar surface area (TPSA) is 96.3 Å². The van der Waals surface area contributed by atoms with Crippen molar-refractivity contribution in [3.8, 4) is 11.5 Å². The van der Waals surface area contributed by atoms with Gasteiger partial charge >= 0.3 is 0 Å². The van der Waals surface area contributed by atoms with Crippen molar-refractivity contribution in [2.75, 3.05) is 26.9 Å². The number of nitrogens with zero attached hydrogens (tertiary/aromatic N) is 1. The molecule has 0 aromatic heterocycles. The molecule has 33 heavy (non-hydrogen) atoms. The van der Waals surface area contributed by atoms with E-state index < -0.39 is 17.7 Å². The van der Waals surface area contributed by atoms with E-state index in [-0.39, 0.29) is 17.1 Å². The molecule has 0 bridgehead atoms. The molecule has 1 heterocycles. The highest BCUT2D eigenvalue weighted by Gasteiger charge is 2.45. The number of hydrogen-bond acceptors (Lipinski definition) is 6. The normalized spacial score (nSPS) is 17.7. The SMILES string of the molecule is COCCCN1C(=O)C(=O)C(=C(O)c2ccc(OCC(C)C)c(C)c2)[C@H]1c1ccc(O)cc1. The lowest BCUT2D eigenvalue weighted by molar-refractivity contribution is -0.140. The Balaban J connectivity index is 2.04. The quantitative estimate of drug-likeness (QED) is 0.256. The van der Waals surface area contributed by atoms with Crippen molar-refractivity contribution in [3.05, 3.63) is 64.7 Å². The molecule has 7 heteroatoms. The van der Waals surface area contributed by atoms with E-state index in [1.54, 1.807) is 37.4 Å². The zero-order chi connectivity index (χ0) is 24.1. The van der Waals surface area contributed by atoms with E-state index in [0.29, 0.717) is 49.0 Å². The first kappa shape index (κ1) is 24.3. The minimum absolute atomic E-state index is 0.0263. The number of ether oxygens (including phenoxy) is 2. The van der Waals surface area contributed by atoms with Crippen LogP contribution >= 0.6 is 0 Å². The average molecular weight is 454 g/mol. The highest BCUT2D eigenvalue weighted by molar-refractivity contribution is 6.46. The van der Waals surface area contributed by atoms with Crippen molar-refractivity contribution in [2.45, 2.75) is 33.2 Å². The van der Waals surface area contributed by atoms with Crippen LogP contribution in [-0.4, -0.2) is 53.7 Å². The Hall–Kier alpha value is -3.32. The highest BCUT2D eigenvalue weighted by atomic mass is 16.5. The fourth-order valence-corrected chi connectivity index (χ4v) is 3.86. The van der Waals surface area contributed by atoms with E-state index in [4.69, 9.17) is 9.47 Å². The molecular weight excluding hydrogens is 422 g/mol. The molecule has 0 unspecified atom stereocenters. The molecule has 1 atom stereocenters. The number of phenolic OH excluding ortho intramolecular Hbond substituents is 1. The standard InChI is InChI=1S/C26H31NO6/c1-16(2)15-33-21-11-8-19(14-17(21)3)24(29)22-23(18-6-9-20(28)10-7-18)27(12-5-13-32-4)26(31)25(22)30/h6-11,14,16,23,28-29H,5,12-13,15H2,1-4H3/t23-/m1/s1. The number of amides is 1. The predicted molar refractivity (Wildman–Crippen MR) is 125 cm³/mol. The van der Waals surface area contributed by atoms with Crippen LogP contribution < -0.4 is 4.74 Å². The number of aryl methyl sites for hydroxylation is 1. The number of rotatable bonds is 9. The Morgan fingerprint density at radius 3 is 2.42 bits per heavy atom. The van der Waals surface area contributed by atoms with Gasteiger partial charge in [-0.15, -0.1) is 0 Å². The summed E-state index contributed by atoms with van der Waals surface area (Å²) < 4.78 is 10.9. The van der Waals surface area contributed by atoms with E-state index in [1.807, 2.05) is 6.92 Å². The summed E-state index contributed by atoms with van der Waals surface area (Å²) in [5, 5.41) is 20.9. The molecular formula is C26H31NO6. The van der Waals surface area contributed by atoms with Gasteiger partial charge in [0.05, 0.1) is 18.2 Å². The van der Waals surface area contributed by atoms with Crippen LogP contribution in [0.5, 0.6) is 11.5 Å². The number of likely N-dealkylation sites (tertiary alicyclic amines) is 1. The van der Waals surface area contributed by atoms with Crippen LogP contribution in [0.25, 0.3) is 5.76 Å². The number of phenols is 1. The second kappa shape index (κ2) is 10.5. The minimum Gasteiger partial charge on any atom is -0.508 e. The van der Waals surface area contributed by atoms with E-state index in [1.165, 1.54) is 17.0 Å². The number of carbonyl (C=O) groups is 2. The molecule has 1 amide bonds. The van der Waals surface area contributed by atoms with Gasteiger partial charge < -0.3 is 24.6 Å². The Morgan fingerprint density at radius 2 is 1.82 bits per heavy atom. The molecule has 1 fully saturated rings. The number of aliphatic hydroxyl groups is 1. The Bertz CT molecular complexity index is 1040. The number of ketones is 1. The maximum absolute atomic E-state index is 13.0. The van der Waals surface area contributed by atoms with E-state index in [0.717, 1.165) is 5.56 Å². The molecule has 176 valence electrons. The monoisotopic (exact) mass is 453 g/mol. The predicted octanol–water partition coefficient (Wildman–Crippen LogP) is 4.19. The molecule has 1 aliphatic heterocycles. The fraction of sp³-hybridized carbons (Fsp3) is 0.385. The van der Waals surface area contributed by atoms with Gasteiger partial charge in [0.25, 0.3) is 11.7 Å². The number of aromatic hydroxyl groups is 1. The van der Waals surface area contributed by atoms with Crippen molar-refractivity contribution in [1.29, 1.82) is 0 Å². The molecule has 2 N–H and O–H groups in total. The lowest BCUT2D eigenvalue weighted by atomic mass is 9.94. The van der Waals surface area contributed by atoms with Crippen LogP contribution in [0.1, 0.15) is 43.0 Å². The second-order valence-corrected chi connectivity index (χ2v) is 8.62. The van der Waals surface area contributed by atoms with E-state index >= 15 is 0 Å². The van der Waals surface area contributed by atoms with Crippen molar-refractivity contribution in [2.24, 2.45) is 5.92 Å². The van der Waals surface area contributed by atoms with E-state index in [2.05, 4.69) is 13.8 Å². The molecule has 0 spiro atoms. The van der Waals surface area contributed by atoms with Crippen LogP contribution in [0, 0.1) is 12.8 Å². The molecule has 1 saturated heterocycles. The second-order valence-electron chi connectivity index (χ2n) is 8.62. The summed E-state index contributed by atoms with van der Waals surface area (Å²) in [6, 6.07) is 10.7. The van der Waals surface area contributed by atoms with Crippen LogP contribution in [0.4, 0.5) is 0 Å². The fourth-order valence-electron chi connectivity index (χ4n) is 3.86. The minimum atomic E-state index is -0.764. The molecule has 3 rings (SSSR count). The number of hydrogen-bond donors (Lipinski definition) is 2. The smallest absolute Gasteiger partial charge is 0.295 e.